The molecule has 0 aliphatic heterocycles. The van der Waals surface area contributed by atoms with Gasteiger partial charge in [0.25, 0.3) is 0 Å². The van der Waals surface area contributed by atoms with Crippen LogP contribution in [-0.2, 0) is 4.74 Å². The van der Waals surface area contributed by atoms with Crippen LogP contribution in [0.4, 0.5) is 9.93 Å². The number of hydrogen-bond donors (Lipinski definition) is 3. The van der Waals surface area contributed by atoms with E-state index in [2.05, 4.69) is 10.3 Å². The summed E-state index contributed by atoms with van der Waals surface area (Å²) < 4.78 is 5.69. The van der Waals surface area contributed by atoms with E-state index in [0.717, 1.165) is 11.3 Å². The molecule has 0 unspecified atom stereocenters. The van der Waals surface area contributed by atoms with Crippen molar-refractivity contribution in [2.75, 3.05) is 5.32 Å². The first-order chi connectivity index (χ1) is 9.67. The highest BCUT2D eigenvalue weighted by Gasteiger charge is 2.21. The molecule has 6 nitrogen and oxygen atoms in total. The fourth-order valence-electron chi connectivity index (χ4n) is 1.65. The molecule has 2 aromatic rings. The number of thiazole rings is 1. The molecule has 1 aromatic carbocycles. The minimum atomic E-state index is -1.67. The highest BCUT2D eigenvalue weighted by atomic mass is 35.5. The number of rotatable bonds is 2. The normalized spacial score (nSPS) is 11.5. The number of benzene rings is 1. The lowest BCUT2D eigenvalue weighted by Gasteiger charge is -2.18. The minimum Gasteiger partial charge on any atom is -0.444 e. The van der Waals surface area contributed by atoms with Gasteiger partial charge in [0.15, 0.2) is 5.13 Å². The van der Waals surface area contributed by atoms with Crippen molar-refractivity contribution in [3.05, 3.63) is 17.2 Å². The van der Waals surface area contributed by atoms with Gasteiger partial charge in [0.05, 0.1) is 15.2 Å². The van der Waals surface area contributed by atoms with Crippen LogP contribution in [0.1, 0.15) is 20.8 Å². The monoisotopic (exact) mass is 328 g/mol. The van der Waals surface area contributed by atoms with Crippen LogP contribution in [0.25, 0.3) is 10.2 Å². The van der Waals surface area contributed by atoms with E-state index in [1.54, 1.807) is 26.8 Å². The summed E-state index contributed by atoms with van der Waals surface area (Å²) in [6.07, 6.45) is -0.635. The lowest BCUT2D eigenvalue weighted by atomic mass is 9.79. The molecule has 0 radical (unpaired) electrons. The van der Waals surface area contributed by atoms with Crippen LogP contribution in [0.5, 0.6) is 0 Å². The van der Waals surface area contributed by atoms with Gasteiger partial charge in [-0.15, -0.1) is 0 Å². The first-order valence-corrected chi connectivity index (χ1v) is 7.32. The van der Waals surface area contributed by atoms with Gasteiger partial charge in [-0.2, -0.15) is 0 Å². The van der Waals surface area contributed by atoms with Crippen LogP contribution in [-0.4, -0.2) is 33.8 Å². The molecule has 112 valence electrons. The summed E-state index contributed by atoms with van der Waals surface area (Å²) in [6.45, 7) is 5.26. The molecule has 0 aliphatic rings. The number of ether oxygens (including phenoxy) is 1. The molecule has 0 fully saturated rings. The van der Waals surface area contributed by atoms with Crippen molar-refractivity contribution in [3.63, 3.8) is 0 Å². The molecule has 0 atom stereocenters. The topological polar surface area (TPSA) is 91.7 Å². The average Bonchev–Trinajstić information content (AvgIpc) is 2.70. The van der Waals surface area contributed by atoms with E-state index in [9.17, 15) is 14.8 Å². The Morgan fingerprint density at radius 1 is 1.43 bits per heavy atom. The van der Waals surface area contributed by atoms with Crippen molar-refractivity contribution < 1.29 is 19.6 Å². The molecule has 0 saturated heterocycles. The average molecular weight is 329 g/mol. The molecular weight excluding hydrogens is 314 g/mol. The summed E-state index contributed by atoms with van der Waals surface area (Å²) >= 11 is 7.19. The SMILES string of the molecule is CC(C)(C)OC(=O)Nc1nc2c(B(O)O)ccc(Cl)c2s1. The fraction of sp³-hybridized carbons (Fsp3) is 0.333. The van der Waals surface area contributed by atoms with E-state index in [0.29, 0.717) is 15.2 Å². The van der Waals surface area contributed by atoms with E-state index < -0.39 is 18.8 Å². The van der Waals surface area contributed by atoms with Gasteiger partial charge < -0.3 is 14.8 Å². The number of nitrogens with one attached hydrogen (secondary N) is 1. The number of fused-ring (bicyclic) bond motifs is 1. The molecule has 1 amide bonds. The number of nitrogens with zero attached hydrogens (tertiary/aromatic N) is 1. The number of amides is 1. The molecule has 0 saturated carbocycles. The number of halogens is 1. The number of aromatic nitrogens is 1. The van der Waals surface area contributed by atoms with Gasteiger partial charge in [0, 0.05) is 5.46 Å². The van der Waals surface area contributed by atoms with E-state index in [1.165, 1.54) is 6.07 Å². The highest BCUT2D eigenvalue weighted by Crippen LogP contribution is 2.31. The Labute approximate surface area is 130 Å². The van der Waals surface area contributed by atoms with Crippen LogP contribution >= 0.6 is 22.9 Å². The molecule has 0 aliphatic carbocycles. The largest absolute Gasteiger partial charge is 0.490 e. The maximum Gasteiger partial charge on any atom is 0.490 e. The summed E-state index contributed by atoms with van der Waals surface area (Å²) in [5.41, 5.74) is -0.0540. The van der Waals surface area contributed by atoms with Crippen molar-refractivity contribution in [3.8, 4) is 0 Å². The van der Waals surface area contributed by atoms with E-state index in [1.807, 2.05) is 0 Å². The zero-order chi connectivity index (χ0) is 15.8. The van der Waals surface area contributed by atoms with Gasteiger partial charge in [-0.1, -0.05) is 29.0 Å². The van der Waals surface area contributed by atoms with Crippen LogP contribution in [0.3, 0.4) is 0 Å². The molecule has 1 heterocycles. The van der Waals surface area contributed by atoms with Crippen LogP contribution in [0.15, 0.2) is 12.1 Å². The molecule has 3 N–H and O–H groups in total. The Balaban J connectivity index is 2.33. The van der Waals surface area contributed by atoms with Crippen LogP contribution in [0.2, 0.25) is 5.02 Å². The summed E-state index contributed by atoms with van der Waals surface area (Å²) in [7, 11) is -1.67. The first-order valence-electron chi connectivity index (χ1n) is 6.12. The third kappa shape index (κ3) is 3.85. The second kappa shape index (κ2) is 5.80. The third-order valence-electron chi connectivity index (χ3n) is 2.41. The van der Waals surface area contributed by atoms with E-state index in [4.69, 9.17) is 16.3 Å². The third-order valence-corrected chi connectivity index (χ3v) is 3.84. The summed E-state index contributed by atoms with van der Waals surface area (Å²) in [5, 5.41) is 21.8. The number of hydrogen-bond acceptors (Lipinski definition) is 6. The molecular formula is C12H14BClN2O4S. The summed E-state index contributed by atoms with van der Waals surface area (Å²) in [5.74, 6) is 0. The minimum absolute atomic E-state index is 0.225. The van der Waals surface area contributed by atoms with E-state index >= 15 is 0 Å². The predicted octanol–water partition coefficient (Wildman–Crippen LogP) is 1.98. The van der Waals surface area contributed by atoms with Gasteiger partial charge in [-0.05, 0) is 26.8 Å². The zero-order valence-electron chi connectivity index (χ0n) is 11.7. The maximum atomic E-state index is 11.7. The molecule has 9 heteroatoms. The van der Waals surface area contributed by atoms with E-state index in [-0.39, 0.29) is 10.6 Å². The number of carbonyl (C=O) groups excluding carboxylic acids is 1. The van der Waals surface area contributed by atoms with Crippen LogP contribution in [0, 0.1) is 0 Å². The Kier molecular flexibility index (Phi) is 4.43. The quantitative estimate of drug-likeness (QED) is 0.733. The number of carbonyl (C=O) groups is 1. The van der Waals surface area contributed by atoms with Gasteiger partial charge in [-0.25, -0.2) is 9.78 Å². The molecule has 0 bridgehead atoms. The highest BCUT2D eigenvalue weighted by molar-refractivity contribution is 7.23. The van der Waals surface area contributed by atoms with Crippen LogP contribution < -0.4 is 10.8 Å². The van der Waals surface area contributed by atoms with Gasteiger partial charge in [0.1, 0.15) is 5.60 Å². The second-order valence-corrected chi connectivity index (χ2v) is 6.74. The molecule has 21 heavy (non-hydrogen) atoms. The van der Waals surface area contributed by atoms with Crippen molar-refractivity contribution in [1.82, 2.24) is 4.98 Å². The standard InChI is InChI=1S/C12H14BClN2O4S/c1-12(2,3)20-11(17)16-10-15-8-6(13(18)19)4-5-7(14)9(8)21-10/h4-5,18-19H,1-3H3,(H,15,16,17). The smallest absolute Gasteiger partial charge is 0.444 e. The van der Waals surface area contributed by atoms with Crippen molar-refractivity contribution >= 4 is 57.0 Å². The zero-order valence-corrected chi connectivity index (χ0v) is 13.2. The molecule has 2 rings (SSSR count). The first kappa shape index (κ1) is 16.0. The Morgan fingerprint density at radius 2 is 2.10 bits per heavy atom. The lowest BCUT2D eigenvalue weighted by Crippen LogP contribution is -2.30. The second-order valence-electron chi connectivity index (χ2n) is 5.33. The van der Waals surface area contributed by atoms with Crippen molar-refractivity contribution in [2.45, 2.75) is 26.4 Å². The van der Waals surface area contributed by atoms with Crippen molar-refractivity contribution in [1.29, 1.82) is 0 Å². The van der Waals surface area contributed by atoms with Crippen molar-refractivity contribution in [2.24, 2.45) is 0 Å². The lowest BCUT2D eigenvalue weighted by molar-refractivity contribution is 0.0636. The predicted molar refractivity (Wildman–Crippen MR) is 84.3 cm³/mol. The molecule has 1 aromatic heterocycles. The van der Waals surface area contributed by atoms with Gasteiger partial charge >= 0.3 is 13.2 Å². The fourth-order valence-corrected chi connectivity index (χ4v) is 2.81. The Hall–Kier alpha value is -1.35. The summed E-state index contributed by atoms with van der Waals surface area (Å²) in [4.78, 5) is 15.9. The Bertz CT molecular complexity index is 684. The summed E-state index contributed by atoms with van der Waals surface area (Å²) in [6, 6.07) is 3.03. The Morgan fingerprint density at radius 3 is 2.67 bits per heavy atom. The maximum absolute atomic E-state index is 11.7. The van der Waals surface area contributed by atoms with Gasteiger partial charge in [-0.3, -0.25) is 5.32 Å². The number of anilines is 1. The van der Waals surface area contributed by atoms with Gasteiger partial charge in [0.2, 0.25) is 0 Å². The molecule has 0 spiro atoms.